The summed E-state index contributed by atoms with van der Waals surface area (Å²) in [5.74, 6) is 0. The van der Waals surface area contributed by atoms with Gasteiger partial charge in [0.2, 0.25) is 0 Å². The van der Waals surface area contributed by atoms with Gasteiger partial charge in [0, 0.05) is 52.2 Å². The number of likely N-dealkylation sites (tertiary alicyclic amines) is 1. The van der Waals surface area contributed by atoms with Crippen LogP contribution in [0.5, 0.6) is 0 Å². The van der Waals surface area contributed by atoms with Crippen molar-refractivity contribution in [1.82, 2.24) is 24.9 Å². The summed E-state index contributed by atoms with van der Waals surface area (Å²) in [6, 6.07) is 2.01. The van der Waals surface area contributed by atoms with Crippen LogP contribution in [0.1, 0.15) is 6.42 Å². The van der Waals surface area contributed by atoms with Crippen LogP contribution in [0.3, 0.4) is 0 Å². The summed E-state index contributed by atoms with van der Waals surface area (Å²) in [5, 5.41) is 7.09. The van der Waals surface area contributed by atoms with Gasteiger partial charge in [-0.1, -0.05) is 0 Å². The molecule has 1 aromatic heterocycles. The fourth-order valence-corrected chi connectivity index (χ4v) is 2.85. The predicted octanol–water partition coefficient (Wildman–Crippen LogP) is -0.0174. The summed E-state index contributed by atoms with van der Waals surface area (Å²) >= 11 is 0. The summed E-state index contributed by atoms with van der Waals surface area (Å²) in [6.07, 6.45) is 4.90. The third kappa shape index (κ3) is 1.86. The SMILES string of the molecule is CN1C(=O)NCC12CN(CCCn1cccn1)C2. The molecule has 2 fully saturated rings. The molecule has 0 aromatic carbocycles. The minimum atomic E-state index is 0.0583. The Hall–Kier alpha value is -1.56. The van der Waals surface area contributed by atoms with E-state index in [1.54, 1.807) is 0 Å². The average Bonchev–Trinajstić information content (AvgIpc) is 2.91. The minimum Gasteiger partial charge on any atom is -0.336 e. The Morgan fingerprint density at radius 3 is 2.89 bits per heavy atom. The highest BCUT2D eigenvalue weighted by Crippen LogP contribution is 2.29. The Morgan fingerprint density at radius 2 is 2.28 bits per heavy atom. The molecule has 1 N–H and O–H groups in total. The van der Waals surface area contributed by atoms with Gasteiger partial charge in [-0.3, -0.25) is 9.58 Å². The zero-order chi connectivity index (χ0) is 12.6. The predicted molar refractivity (Wildman–Crippen MR) is 67.2 cm³/mol. The molecule has 1 aromatic rings. The molecule has 0 atom stereocenters. The molecule has 0 unspecified atom stereocenters. The van der Waals surface area contributed by atoms with Gasteiger partial charge in [0.25, 0.3) is 0 Å². The van der Waals surface area contributed by atoms with E-state index in [9.17, 15) is 4.79 Å². The van der Waals surface area contributed by atoms with Gasteiger partial charge >= 0.3 is 6.03 Å². The van der Waals surface area contributed by atoms with Crippen molar-refractivity contribution in [3.8, 4) is 0 Å². The molecule has 0 saturated carbocycles. The summed E-state index contributed by atoms with van der Waals surface area (Å²) in [6.45, 7) is 4.80. The largest absolute Gasteiger partial charge is 0.336 e. The number of nitrogens with zero attached hydrogens (tertiary/aromatic N) is 4. The Labute approximate surface area is 107 Å². The lowest BCUT2D eigenvalue weighted by atomic mass is 9.89. The molecule has 2 saturated heterocycles. The van der Waals surface area contributed by atoms with Crippen molar-refractivity contribution in [2.24, 2.45) is 0 Å². The van der Waals surface area contributed by atoms with Gasteiger partial charge in [-0.25, -0.2) is 4.79 Å². The minimum absolute atomic E-state index is 0.0583. The number of carbonyl (C=O) groups is 1. The fourth-order valence-electron chi connectivity index (χ4n) is 2.85. The zero-order valence-electron chi connectivity index (χ0n) is 10.7. The summed E-state index contributed by atoms with van der Waals surface area (Å²) in [5.41, 5.74) is 0.0583. The van der Waals surface area contributed by atoms with E-state index in [2.05, 4.69) is 15.3 Å². The number of nitrogens with one attached hydrogen (secondary N) is 1. The van der Waals surface area contributed by atoms with Crippen LogP contribution in [-0.4, -0.2) is 64.4 Å². The van der Waals surface area contributed by atoms with Gasteiger partial charge < -0.3 is 10.2 Å². The maximum Gasteiger partial charge on any atom is 0.317 e. The third-order valence-corrected chi connectivity index (χ3v) is 4.04. The lowest BCUT2D eigenvalue weighted by Gasteiger charge is -2.50. The number of urea groups is 1. The molecule has 0 bridgehead atoms. The van der Waals surface area contributed by atoms with E-state index in [0.29, 0.717) is 0 Å². The molecule has 18 heavy (non-hydrogen) atoms. The van der Waals surface area contributed by atoms with Crippen molar-refractivity contribution in [2.75, 3.05) is 33.2 Å². The number of amides is 2. The highest BCUT2D eigenvalue weighted by molar-refractivity contribution is 5.78. The Bertz CT molecular complexity index is 424. The molecular weight excluding hydrogens is 230 g/mol. The topological polar surface area (TPSA) is 53.4 Å². The maximum absolute atomic E-state index is 11.4. The number of aryl methyl sites for hydroxylation is 1. The number of hydrogen-bond acceptors (Lipinski definition) is 3. The lowest BCUT2D eigenvalue weighted by Crippen LogP contribution is -2.68. The first-order valence-electron chi connectivity index (χ1n) is 6.41. The van der Waals surface area contributed by atoms with E-state index in [1.807, 2.05) is 35.1 Å². The molecule has 1 spiro atoms. The first-order valence-corrected chi connectivity index (χ1v) is 6.41. The molecule has 0 radical (unpaired) electrons. The van der Waals surface area contributed by atoms with Crippen LogP contribution in [0, 0.1) is 0 Å². The van der Waals surface area contributed by atoms with Crippen molar-refractivity contribution < 1.29 is 4.79 Å². The van der Waals surface area contributed by atoms with Gasteiger partial charge in [0.1, 0.15) is 0 Å². The van der Waals surface area contributed by atoms with E-state index in [0.717, 1.165) is 39.1 Å². The van der Waals surface area contributed by atoms with Gasteiger partial charge in [-0.05, 0) is 12.5 Å². The van der Waals surface area contributed by atoms with E-state index in [4.69, 9.17) is 0 Å². The molecule has 2 aliphatic rings. The van der Waals surface area contributed by atoms with Crippen molar-refractivity contribution in [1.29, 1.82) is 0 Å². The molecule has 3 heterocycles. The smallest absolute Gasteiger partial charge is 0.317 e. The molecule has 98 valence electrons. The molecular formula is C12H19N5O. The molecule has 6 heteroatoms. The fraction of sp³-hybridized carbons (Fsp3) is 0.667. The molecule has 2 amide bonds. The van der Waals surface area contributed by atoms with Gasteiger partial charge in [0.15, 0.2) is 0 Å². The van der Waals surface area contributed by atoms with Crippen molar-refractivity contribution in [3.63, 3.8) is 0 Å². The van der Waals surface area contributed by atoms with Crippen molar-refractivity contribution >= 4 is 6.03 Å². The standard InChI is InChI=1S/C12H19N5O/c1-15-11(18)13-8-12(15)9-16(10-12)5-3-7-17-6-2-4-14-17/h2,4,6H,3,5,7-10H2,1H3,(H,13,18). The number of carbonyl (C=O) groups excluding carboxylic acids is 1. The van der Waals surface area contributed by atoms with E-state index >= 15 is 0 Å². The highest BCUT2D eigenvalue weighted by Gasteiger charge is 2.51. The van der Waals surface area contributed by atoms with Crippen LogP contribution in [0.2, 0.25) is 0 Å². The second-order valence-corrected chi connectivity index (χ2v) is 5.28. The second kappa shape index (κ2) is 4.28. The Balaban J connectivity index is 1.42. The first-order chi connectivity index (χ1) is 8.70. The third-order valence-electron chi connectivity index (χ3n) is 4.04. The quantitative estimate of drug-likeness (QED) is 0.816. The van der Waals surface area contributed by atoms with Gasteiger partial charge in [-0.15, -0.1) is 0 Å². The van der Waals surface area contributed by atoms with E-state index < -0.39 is 0 Å². The lowest BCUT2D eigenvalue weighted by molar-refractivity contribution is 0.00328. The monoisotopic (exact) mass is 249 g/mol. The number of hydrogen-bond donors (Lipinski definition) is 1. The van der Waals surface area contributed by atoms with E-state index in [-0.39, 0.29) is 11.6 Å². The average molecular weight is 249 g/mol. The van der Waals surface area contributed by atoms with Crippen LogP contribution in [-0.2, 0) is 6.54 Å². The van der Waals surface area contributed by atoms with Gasteiger partial charge in [-0.2, -0.15) is 5.10 Å². The molecule has 3 rings (SSSR count). The van der Waals surface area contributed by atoms with Crippen LogP contribution in [0.4, 0.5) is 4.79 Å². The Morgan fingerprint density at radius 1 is 1.44 bits per heavy atom. The number of likely N-dealkylation sites (N-methyl/N-ethyl adjacent to an activating group) is 1. The maximum atomic E-state index is 11.4. The number of aromatic nitrogens is 2. The van der Waals surface area contributed by atoms with Crippen molar-refractivity contribution in [2.45, 2.75) is 18.5 Å². The molecule has 6 nitrogen and oxygen atoms in total. The zero-order valence-corrected chi connectivity index (χ0v) is 10.7. The van der Waals surface area contributed by atoms with Crippen LogP contribution < -0.4 is 5.32 Å². The van der Waals surface area contributed by atoms with Gasteiger partial charge in [0.05, 0.1) is 5.54 Å². The Kier molecular flexibility index (Phi) is 2.74. The van der Waals surface area contributed by atoms with Crippen molar-refractivity contribution in [3.05, 3.63) is 18.5 Å². The van der Waals surface area contributed by atoms with E-state index in [1.165, 1.54) is 0 Å². The van der Waals surface area contributed by atoms with Crippen LogP contribution in [0.25, 0.3) is 0 Å². The normalized spacial score (nSPS) is 22.3. The van der Waals surface area contributed by atoms with Crippen LogP contribution >= 0.6 is 0 Å². The number of rotatable bonds is 4. The first kappa shape index (κ1) is 11.5. The summed E-state index contributed by atoms with van der Waals surface area (Å²) in [4.78, 5) is 15.7. The summed E-state index contributed by atoms with van der Waals surface area (Å²) < 4.78 is 1.96. The summed E-state index contributed by atoms with van der Waals surface area (Å²) in [7, 11) is 1.89. The second-order valence-electron chi connectivity index (χ2n) is 5.28. The highest BCUT2D eigenvalue weighted by atomic mass is 16.2. The molecule has 0 aliphatic carbocycles. The molecule has 2 aliphatic heterocycles. The van der Waals surface area contributed by atoms with Crippen LogP contribution in [0.15, 0.2) is 18.5 Å².